The lowest BCUT2D eigenvalue weighted by atomic mass is 9.96. The molecular weight excluding hydrogens is 214 g/mol. The molecule has 1 saturated carbocycles. The van der Waals surface area contributed by atoms with Crippen molar-refractivity contribution in [2.45, 2.75) is 77.3 Å². The zero-order chi connectivity index (χ0) is 12.5. The molecule has 0 aromatic carbocycles. The number of rotatable bonds is 5. The highest BCUT2D eigenvalue weighted by atomic mass is 16.5. The highest BCUT2D eigenvalue weighted by Crippen LogP contribution is 2.17. The molecule has 1 unspecified atom stereocenters. The van der Waals surface area contributed by atoms with Gasteiger partial charge in [-0.25, -0.2) is 0 Å². The van der Waals surface area contributed by atoms with Gasteiger partial charge in [0.2, 0.25) is 0 Å². The van der Waals surface area contributed by atoms with Gasteiger partial charge in [0.1, 0.15) is 0 Å². The summed E-state index contributed by atoms with van der Waals surface area (Å²) in [6, 6.07) is 0.832. The van der Waals surface area contributed by atoms with Crippen LogP contribution in [0, 0.1) is 0 Å². The van der Waals surface area contributed by atoms with E-state index in [-0.39, 0.29) is 12.0 Å². The van der Waals surface area contributed by atoms with E-state index in [9.17, 15) is 4.79 Å². The fourth-order valence-electron chi connectivity index (χ4n) is 2.55. The summed E-state index contributed by atoms with van der Waals surface area (Å²) >= 11 is 0. The maximum absolute atomic E-state index is 11.4. The van der Waals surface area contributed by atoms with Gasteiger partial charge < -0.3 is 10.1 Å². The van der Waals surface area contributed by atoms with Crippen LogP contribution in [0.5, 0.6) is 0 Å². The number of ether oxygens (including phenoxy) is 1. The second-order valence-corrected chi connectivity index (χ2v) is 5.12. The van der Waals surface area contributed by atoms with Gasteiger partial charge in [-0.05, 0) is 26.7 Å². The molecule has 0 bridgehead atoms. The van der Waals surface area contributed by atoms with E-state index < -0.39 is 0 Å². The molecule has 0 saturated heterocycles. The summed E-state index contributed by atoms with van der Waals surface area (Å²) in [5.41, 5.74) is 0. The third-order valence-electron chi connectivity index (χ3n) is 3.40. The molecule has 100 valence electrons. The zero-order valence-corrected chi connectivity index (χ0v) is 11.3. The number of hydrogen-bond acceptors (Lipinski definition) is 3. The van der Waals surface area contributed by atoms with Gasteiger partial charge in [0.25, 0.3) is 0 Å². The molecule has 1 atom stereocenters. The molecule has 3 heteroatoms. The second kappa shape index (κ2) is 8.51. The van der Waals surface area contributed by atoms with Gasteiger partial charge in [0.05, 0.1) is 13.0 Å². The summed E-state index contributed by atoms with van der Waals surface area (Å²) in [4.78, 5) is 11.4. The van der Waals surface area contributed by atoms with Crippen LogP contribution in [-0.2, 0) is 9.53 Å². The standard InChI is InChI=1S/C14H27NO2/c1-3-17-14(16)11-12(2)15-13-9-7-5-4-6-8-10-13/h12-13,15H,3-11H2,1-2H3. The first-order valence-electron chi connectivity index (χ1n) is 7.14. The lowest BCUT2D eigenvalue weighted by Crippen LogP contribution is -2.38. The summed E-state index contributed by atoms with van der Waals surface area (Å²) in [5.74, 6) is -0.0849. The van der Waals surface area contributed by atoms with Gasteiger partial charge in [-0.2, -0.15) is 0 Å². The van der Waals surface area contributed by atoms with Crippen molar-refractivity contribution in [1.82, 2.24) is 5.32 Å². The zero-order valence-electron chi connectivity index (χ0n) is 11.3. The lowest BCUT2D eigenvalue weighted by Gasteiger charge is -2.24. The van der Waals surface area contributed by atoms with Crippen LogP contribution in [0.4, 0.5) is 0 Å². The molecule has 1 N–H and O–H groups in total. The summed E-state index contributed by atoms with van der Waals surface area (Å²) in [6.07, 6.45) is 9.78. The molecule has 0 radical (unpaired) electrons. The Labute approximate surface area is 105 Å². The minimum absolute atomic E-state index is 0.0849. The molecule has 0 spiro atoms. The Morgan fingerprint density at radius 3 is 2.41 bits per heavy atom. The Bertz CT molecular complexity index is 210. The van der Waals surface area contributed by atoms with E-state index in [0.717, 1.165) is 0 Å². The summed E-state index contributed by atoms with van der Waals surface area (Å²) in [6.45, 7) is 4.41. The van der Waals surface area contributed by atoms with Crippen LogP contribution in [0.25, 0.3) is 0 Å². The first kappa shape index (κ1) is 14.5. The largest absolute Gasteiger partial charge is 0.466 e. The molecule has 3 nitrogen and oxygen atoms in total. The average molecular weight is 241 g/mol. The van der Waals surface area contributed by atoms with Crippen molar-refractivity contribution in [2.75, 3.05) is 6.61 Å². The van der Waals surface area contributed by atoms with E-state index in [4.69, 9.17) is 4.74 Å². The maximum Gasteiger partial charge on any atom is 0.307 e. The Hall–Kier alpha value is -0.570. The first-order valence-corrected chi connectivity index (χ1v) is 7.14. The topological polar surface area (TPSA) is 38.3 Å². The molecule has 1 fully saturated rings. The van der Waals surface area contributed by atoms with Crippen LogP contribution in [0.1, 0.15) is 65.2 Å². The maximum atomic E-state index is 11.4. The average Bonchev–Trinajstić information content (AvgIpc) is 2.22. The Morgan fingerprint density at radius 2 is 1.82 bits per heavy atom. The molecule has 0 heterocycles. The second-order valence-electron chi connectivity index (χ2n) is 5.12. The van der Waals surface area contributed by atoms with Gasteiger partial charge in [-0.15, -0.1) is 0 Å². The Kier molecular flexibility index (Phi) is 7.25. The molecule has 0 aromatic heterocycles. The first-order chi connectivity index (χ1) is 8.22. The van der Waals surface area contributed by atoms with Crippen molar-refractivity contribution in [3.05, 3.63) is 0 Å². The fraction of sp³-hybridized carbons (Fsp3) is 0.929. The van der Waals surface area contributed by atoms with Crippen LogP contribution < -0.4 is 5.32 Å². The number of carbonyl (C=O) groups is 1. The third kappa shape index (κ3) is 6.67. The van der Waals surface area contributed by atoms with E-state index in [1.54, 1.807) is 0 Å². The van der Waals surface area contributed by atoms with Crippen molar-refractivity contribution < 1.29 is 9.53 Å². The predicted octanol–water partition coefficient (Wildman–Crippen LogP) is 3.03. The summed E-state index contributed by atoms with van der Waals surface area (Å²) < 4.78 is 4.97. The van der Waals surface area contributed by atoms with Crippen LogP contribution >= 0.6 is 0 Å². The van der Waals surface area contributed by atoms with Crippen molar-refractivity contribution >= 4 is 5.97 Å². The van der Waals surface area contributed by atoms with Crippen LogP contribution in [0.3, 0.4) is 0 Å². The molecule has 0 aliphatic heterocycles. The van der Waals surface area contributed by atoms with E-state index in [1.165, 1.54) is 44.9 Å². The third-order valence-corrected chi connectivity index (χ3v) is 3.40. The van der Waals surface area contributed by atoms with Crippen molar-refractivity contribution in [3.63, 3.8) is 0 Å². The van der Waals surface area contributed by atoms with Gasteiger partial charge in [-0.3, -0.25) is 4.79 Å². The Morgan fingerprint density at radius 1 is 1.24 bits per heavy atom. The number of carbonyl (C=O) groups excluding carboxylic acids is 1. The predicted molar refractivity (Wildman–Crippen MR) is 70.0 cm³/mol. The highest BCUT2D eigenvalue weighted by molar-refractivity contribution is 5.70. The fourth-order valence-corrected chi connectivity index (χ4v) is 2.55. The van der Waals surface area contributed by atoms with Gasteiger partial charge in [0.15, 0.2) is 0 Å². The quantitative estimate of drug-likeness (QED) is 0.752. The molecule has 0 amide bonds. The summed E-state index contributed by atoms with van der Waals surface area (Å²) in [5, 5.41) is 3.58. The van der Waals surface area contributed by atoms with Crippen molar-refractivity contribution in [2.24, 2.45) is 0 Å². The molecule has 17 heavy (non-hydrogen) atoms. The number of esters is 1. The van der Waals surface area contributed by atoms with Crippen molar-refractivity contribution in [1.29, 1.82) is 0 Å². The molecular formula is C14H27NO2. The van der Waals surface area contributed by atoms with E-state index in [0.29, 0.717) is 19.1 Å². The molecule has 1 rings (SSSR count). The lowest BCUT2D eigenvalue weighted by molar-refractivity contribution is -0.143. The molecule has 0 aromatic rings. The Balaban J connectivity index is 2.23. The summed E-state index contributed by atoms with van der Waals surface area (Å²) in [7, 11) is 0. The monoisotopic (exact) mass is 241 g/mol. The SMILES string of the molecule is CCOC(=O)CC(C)NC1CCCCCCC1. The van der Waals surface area contributed by atoms with Gasteiger partial charge in [-0.1, -0.05) is 32.1 Å². The van der Waals surface area contributed by atoms with Crippen LogP contribution in [-0.4, -0.2) is 24.7 Å². The van der Waals surface area contributed by atoms with E-state index in [1.807, 2.05) is 6.92 Å². The molecule has 1 aliphatic carbocycles. The number of nitrogens with one attached hydrogen (secondary N) is 1. The normalized spacial score (nSPS) is 20.4. The minimum atomic E-state index is -0.0849. The highest BCUT2D eigenvalue weighted by Gasteiger charge is 2.16. The van der Waals surface area contributed by atoms with Crippen molar-refractivity contribution in [3.8, 4) is 0 Å². The van der Waals surface area contributed by atoms with E-state index in [2.05, 4.69) is 12.2 Å². The van der Waals surface area contributed by atoms with Crippen LogP contribution in [0.15, 0.2) is 0 Å². The van der Waals surface area contributed by atoms with Crippen LogP contribution in [0.2, 0.25) is 0 Å². The smallest absolute Gasteiger partial charge is 0.307 e. The molecule has 1 aliphatic rings. The van der Waals surface area contributed by atoms with E-state index >= 15 is 0 Å². The minimum Gasteiger partial charge on any atom is -0.466 e. The number of hydrogen-bond donors (Lipinski definition) is 1. The van der Waals surface area contributed by atoms with Gasteiger partial charge >= 0.3 is 5.97 Å². The van der Waals surface area contributed by atoms with Gasteiger partial charge in [0, 0.05) is 12.1 Å².